The molecule has 3 N–H and O–H groups in total. The quantitative estimate of drug-likeness (QED) is 0.506. The molecule has 2 aliphatic rings. The topological polar surface area (TPSA) is 128 Å². The molecule has 2 fully saturated rings. The molecular weight excluding hydrogens is 426 g/mol. The summed E-state index contributed by atoms with van der Waals surface area (Å²) in [4.78, 5) is 60.0. The van der Waals surface area contributed by atoms with Crippen LogP contribution in [0, 0.1) is 0 Å². The number of amides is 2. The van der Waals surface area contributed by atoms with Gasteiger partial charge in [-0.05, 0) is 26.2 Å². The number of unbranched alkanes of at least 4 members (excludes halogenated alkanes) is 1. The number of likely N-dealkylation sites (tertiary alicyclic amines) is 1. The van der Waals surface area contributed by atoms with Gasteiger partial charge in [0.1, 0.15) is 5.82 Å². The van der Waals surface area contributed by atoms with E-state index >= 15 is 0 Å². The Morgan fingerprint density at radius 2 is 1.58 bits per heavy atom. The first-order chi connectivity index (χ1) is 15.8. The summed E-state index contributed by atoms with van der Waals surface area (Å²) in [6, 6.07) is 0. The van der Waals surface area contributed by atoms with Crippen molar-refractivity contribution < 1.29 is 9.59 Å². The van der Waals surface area contributed by atoms with Crippen LogP contribution in [-0.4, -0.2) is 95.0 Å². The molecule has 184 valence electrons. The Labute approximate surface area is 194 Å². The maximum atomic E-state index is 13.1. The molecule has 2 amide bonds. The molecule has 0 radical (unpaired) electrons. The molecule has 11 nitrogen and oxygen atoms in total. The SMILES string of the molecule is CCCCn1c(N)c(N(CC)C(=O)CN2CCN(CC(=O)N3CCCC3)CC2)c(=O)[nH]c1=O. The third-order valence-corrected chi connectivity index (χ3v) is 6.48. The highest BCUT2D eigenvalue weighted by atomic mass is 16.2. The molecule has 0 spiro atoms. The number of carbonyl (C=O) groups excluding carboxylic acids is 2. The maximum absolute atomic E-state index is 13.1. The van der Waals surface area contributed by atoms with Gasteiger partial charge in [0.2, 0.25) is 11.8 Å². The van der Waals surface area contributed by atoms with Gasteiger partial charge in [-0.15, -0.1) is 0 Å². The van der Waals surface area contributed by atoms with Crippen LogP contribution in [-0.2, 0) is 16.1 Å². The van der Waals surface area contributed by atoms with Crippen LogP contribution in [0.25, 0.3) is 0 Å². The predicted octanol–water partition coefficient (Wildman–Crippen LogP) is -0.488. The molecular formula is C22H37N7O4. The van der Waals surface area contributed by atoms with E-state index in [1.165, 1.54) is 9.47 Å². The number of anilines is 2. The van der Waals surface area contributed by atoms with Crippen LogP contribution >= 0.6 is 0 Å². The highest BCUT2D eigenvalue weighted by Crippen LogP contribution is 2.18. The molecule has 3 rings (SSSR count). The van der Waals surface area contributed by atoms with E-state index in [0.717, 1.165) is 38.8 Å². The number of piperazine rings is 1. The van der Waals surface area contributed by atoms with Crippen molar-refractivity contribution in [1.29, 1.82) is 0 Å². The van der Waals surface area contributed by atoms with E-state index in [4.69, 9.17) is 5.73 Å². The van der Waals surface area contributed by atoms with Crippen molar-refractivity contribution in [3.8, 4) is 0 Å². The molecule has 0 unspecified atom stereocenters. The minimum absolute atomic E-state index is 0.0256. The van der Waals surface area contributed by atoms with Crippen LogP contribution in [0.2, 0.25) is 0 Å². The highest BCUT2D eigenvalue weighted by Gasteiger charge is 2.27. The van der Waals surface area contributed by atoms with Crippen molar-refractivity contribution >= 4 is 23.3 Å². The Balaban J connectivity index is 1.61. The molecule has 3 heterocycles. The molecule has 2 saturated heterocycles. The standard InChI is InChI=1S/C22H37N7O4/c1-3-5-10-29-20(23)19(21(32)24-22(29)33)28(4-2)18(31)16-26-13-11-25(12-14-26)15-17(30)27-8-6-7-9-27/h3-16,23H2,1-2H3,(H,24,32,33). The molecule has 2 aliphatic heterocycles. The summed E-state index contributed by atoms with van der Waals surface area (Å²) in [5.74, 6) is -0.0308. The first-order valence-electron chi connectivity index (χ1n) is 12.0. The number of H-pyrrole nitrogens is 1. The second-order valence-corrected chi connectivity index (χ2v) is 8.78. The number of hydrogen-bond acceptors (Lipinski definition) is 7. The van der Waals surface area contributed by atoms with Gasteiger partial charge in [-0.2, -0.15) is 0 Å². The Kier molecular flexibility index (Phi) is 8.67. The van der Waals surface area contributed by atoms with Gasteiger partial charge in [0.05, 0.1) is 13.1 Å². The fourth-order valence-corrected chi connectivity index (χ4v) is 4.48. The van der Waals surface area contributed by atoms with Gasteiger partial charge in [-0.25, -0.2) is 4.79 Å². The zero-order valence-corrected chi connectivity index (χ0v) is 19.8. The molecule has 0 bridgehead atoms. The summed E-state index contributed by atoms with van der Waals surface area (Å²) in [7, 11) is 0. The molecule has 0 aromatic carbocycles. The lowest BCUT2D eigenvalue weighted by Gasteiger charge is -2.35. The van der Waals surface area contributed by atoms with E-state index in [9.17, 15) is 19.2 Å². The minimum Gasteiger partial charge on any atom is -0.383 e. The summed E-state index contributed by atoms with van der Waals surface area (Å²) in [5.41, 5.74) is 5.01. The lowest BCUT2D eigenvalue weighted by Crippen LogP contribution is -2.52. The Morgan fingerprint density at radius 1 is 0.970 bits per heavy atom. The summed E-state index contributed by atoms with van der Waals surface area (Å²) in [6.07, 6.45) is 3.77. The molecule has 0 atom stereocenters. The number of aromatic amines is 1. The third kappa shape index (κ3) is 6.02. The average Bonchev–Trinajstić information content (AvgIpc) is 3.33. The van der Waals surface area contributed by atoms with Crippen molar-refractivity contribution in [2.45, 2.75) is 46.1 Å². The summed E-state index contributed by atoms with van der Waals surface area (Å²) < 4.78 is 1.33. The monoisotopic (exact) mass is 463 g/mol. The van der Waals surface area contributed by atoms with Crippen LogP contribution in [0.4, 0.5) is 11.5 Å². The van der Waals surface area contributed by atoms with Gasteiger partial charge >= 0.3 is 5.69 Å². The Hall–Kier alpha value is -2.66. The van der Waals surface area contributed by atoms with Gasteiger partial charge in [-0.3, -0.25) is 33.7 Å². The van der Waals surface area contributed by atoms with E-state index in [-0.39, 0.29) is 36.4 Å². The van der Waals surface area contributed by atoms with Gasteiger partial charge in [0.15, 0.2) is 5.69 Å². The number of nitrogens with two attached hydrogens (primary N) is 1. The lowest BCUT2D eigenvalue weighted by atomic mass is 10.2. The number of aromatic nitrogens is 2. The van der Waals surface area contributed by atoms with E-state index in [1.807, 2.05) is 16.7 Å². The number of hydrogen-bond donors (Lipinski definition) is 2. The second-order valence-electron chi connectivity index (χ2n) is 8.78. The number of nitrogens with one attached hydrogen (secondary N) is 1. The highest BCUT2D eigenvalue weighted by molar-refractivity contribution is 5.96. The van der Waals surface area contributed by atoms with Gasteiger partial charge in [0, 0.05) is 52.4 Å². The van der Waals surface area contributed by atoms with Crippen LogP contribution < -0.4 is 21.9 Å². The molecule has 1 aromatic heterocycles. The van der Waals surface area contributed by atoms with Crippen molar-refractivity contribution in [3.05, 3.63) is 20.8 Å². The molecule has 0 saturated carbocycles. The maximum Gasteiger partial charge on any atom is 0.330 e. The number of likely N-dealkylation sites (N-methyl/N-ethyl adjacent to an activating group) is 1. The Morgan fingerprint density at radius 3 is 2.15 bits per heavy atom. The van der Waals surface area contributed by atoms with Crippen molar-refractivity contribution in [1.82, 2.24) is 24.3 Å². The number of carbonyl (C=O) groups is 2. The van der Waals surface area contributed by atoms with Crippen LogP contribution in [0.1, 0.15) is 39.5 Å². The van der Waals surface area contributed by atoms with Gasteiger partial charge in [-0.1, -0.05) is 13.3 Å². The number of rotatable bonds is 9. The minimum atomic E-state index is -0.648. The average molecular weight is 464 g/mol. The van der Waals surface area contributed by atoms with E-state index < -0.39 is 11.2 Å². The van der Waals surface area contributed by atoms with E-state index in [0.29, 0.717) is 39.3 Å². The van der Waals surface area contributed by atoms with Crippen molar-refractivity contribution in [2.24, 2.45) is 0 Å². The fraction of sp³-hybridized carbons (Fsp3) is 0.727. The van der Waals surface area contributed by atoms with Crippen molar-refractivity contribution in [2.75, 3.05) is 69.5 Å². The van der Waals surface area contributed by atoms with Crippen LogP contribution in [0.3, 0.4) is 0 Å². The smallest absolute Gasteiger partial charge is 0.330 e. The summed E-state index contributed by atoms with van der Waals surface area (Å²) in [5, 5.41) is 0. The Bertz CT molecular complexity index is 943. The second kappa shape index (κ2) is 11.5. The van der Waals surface area contributed by atoms with Gasteiger partial charge in [0.25, 0.3) is 5.56 Å². The van der Waals surface area contributed by atoms with Crippen LogP contribution in [0.5, 0.6) is 0 Å². The molecule has 33 heavy (non-hydrogen) atoms. The normalized spacial score (nSPS) is 17.5. The number of nitrogens with zero attached hydrogens (tertiary/aromatic N) is 5. The molecule has 11 heteroatoms. The molecule has 1 aromatic rings. The van der Waals surface area contributed by atoms with E-state index in [1.54, 1.807) is 6.92 Å². The predicted molar refractivity (Wildman–Crippen MR) is 127 cm³/mol. The van der Waals surface area contributed by atoms with Crippen molar-refractivity contribution in [3.63, 3.8) is 0 Å². The zero-order chi connectivity index (χ0) is 24.0. The van der Waals surface area contributed by atoms with E-state index in [2.05, 4.69) is 9.88 Å². The van der Waals surface area contributed by atoms with Crippen LogP contribution in [0.15, 0.2) is 9.59 Å². The first kappa shape index (κ1) is 25.0. The first-order valence-corrected chi connectivity index (χ1v) is 12.0. The number of nitrogen functional groups attached to an aromatic ring is 1. The summed E-state index contributed by atoms with van der Waals surface area (Å²) >= 11 is 0. The third-order valence-electron chi connectivity index (χ3n) is 6.48. The lowest BCUT2D eigenvalue weighted by molar-refractivity contribution is -0.132. The zero-order valence-electron chi connectivity index (χ0n) is 19.8. The molecule has 0 aliphatic carbocycles. The van der Waals surface area contributed by atoms with Gasteiger partial charge < -0.3 is 15.5 Å². The summed E-state index contributed by atoms with van der Waals surface area (Å²) in [6.45, 7) is 9.46. The fourth-order valence-electron chi connectivity index (χ4n) is 4.48. The largest absolute Gasteiger partial charge is 0.383 e.